The van der Waals surface area contributed by atoms with Crippen molar-refractivity contribution < 1.29 is 18.7 Å². The first-order chi connectivity index (χ1) is 12.9. The SMILES string of the molecule is CCNC(=O)[C@@H](C)N(Cc1ccc(F)cc1)C(=O)COc1cccc(C)c1. The first kappa shape index (κ1) is 20.4. The lowest BCUT2D eigenvalue weighted by molar-refractivity contribution is -0.142. The Morgan fingerprint density at radius 1 is 1.19 bits per heavy atom. The van der Waals surface area contributed by atoms with Crippen molar-refractivity contribution in [1.29, 1.82) is 0 Å². The van der Waals surface area contributed by atoms with Crippen LogP contribution in [0, 0.1) is 12.7 Å². The molecule has 0 saturated heterocycles. The number of benzene rings is 2. The van der Waals surface area contributed by atoms with E-state index in [2.05, 4.69) is 5.32 Å². The molecule has 0 saturated carbocycles. The van der Waals surface area contributed by atoms with Gasteiger partial charge in [0.25, 0.3) is 5.91 Å². The van der Waals surface area contributed by atoms with Crippen LogP contribution in [0.5, 0.6) is 5.75 Å². The molecule has 2 aromatic rings. The maximum Gasteiger partial charge on any atom is 0.261 e. The van der Waals surface area contributed by atoms with Crippen molar-refractivity contribution >= 4 is 11.8 Å². The summed E-state index contributed by atoms with van der Waals surface area (Å²) in [7, 11) is 0. The molecule has 0 spiro atoms. The van der Waals surface area contributed by atoms with Gasteiger partial charge in [-0.1, -0.05) is 24.3 Å². The van der Waals surface area contributed by atoms with Gasteiger partial charge in [0.05, 0.1) is 0 Å². The molecule has 2 aromatic carbocycles. The molecular weight excluding hydrogens is 347 g/mol. The maximum absolute atomic E-state index is 13.1. The molecule has 0 aliphatic heterocycles. The monoisotopic (exact) mass is 372 g/mol. The van der Waals surface area contributed by atoms with E-state index in [1.54, 1.807) is 25.1 Å². The fraction of sp³-hybridized carbons (Fsp3) is 0.333. The smallest absolute Gasteiger partial charge is 0.261 e. The zero-order chi connectivity index (χ0) is 19.8. The fourth-order valence-corrected chi connectivity index (χ4v) is 2.62. The summed E-state index contributed by atoms with van der Waals surface area (Å²) in [6.07, 6.45) is 0. The Hall–Kier alpha value is -2.89. The van der Waals surface area contributed by atoms with Crippen LogP contribution in [-0.2, 0) is 16.1 Å². The Kier molecular flexibility index (Phi) is 7.34. The van der Waals surface area contributed by atoms with E-state index in [1.807, 2.05) is 32.0 Å². The van der Waals surface area contributed by atoms with Crippen LogP contribution in [-0.4, -0.2) is 35.9 Å². The molecule has 1 atom stereocenters. The zero-order valence-corrected chi connectivity index (χ0v) is 15.9. The maximum atomic E-state index is 13.1. The number of amides is 2. The van der Waals surface area contributed by atoms with Crippen LogP contribution in [0.2, 0.25) is 0 Å². The normalized spacial score (nSPS) is 11.6. The van der Waals surface area contributed by atoms with Gasteiger partial charge in [-0.3, -0.25) is 9.59 Å². The predicted octanol–water partition coefficient (Wildman–Crippen LogP) is 3.07. The molecule has 0 bridgehead atoms. The number of aryl methyl sites for hydroxylation is 1. The Balaban J connectivity index is 2.12. The highest BCUT2D eigenvalue weighted by molar-refractivity contribution is 5.87. The van der Waals surface area contributed by atoms with Gasteiger partial charge in [-0.2, -0.15) is 0 Å². The standard InChI is InChI=1S/C21H25FN2O3/c1-4-23-21(26)16(3)24(13-17-8-10-18(22)11-9-17)20(25)14-27-19-7-5-6-15(2)12-19/h5-12,16H,4,13-14H2,1-3H3,(H,23,26)/t16-/m1/s1. The number of carbonyl (C=O) groups excluding carboxylic acids is 2. The highest BCUT2D eigenvalue weighted by Gasteiger charge is 2.26. The Morgan fingerprint density at radius 3 is 2.52 bits per heavy atom. The zero-order valence-electron chi connectivity index (χ0n) is 15.9. The highest BCUT2D eigenvalue weighted by atomic mass is 19.1. The molecule has 1 N–H and O–H groups in total. The molecule has 144 valence electrons. The average Bonchev–Trinajstić information content (AvgIpc) is 2.65. The predicted molar refractivity (Wildman–Crippen MR) is 102 cm³/mol. The van der Waals surface area contributed by atoms with E-state index in [9.17, 15) is 14.0 Å². The fourth-order valence-electron chi connectivity index (χ4n) is 2.62. The molecule has 0 fully saturated rings. The van der Waals surface area contributed by atoms with Gasteiger partial charge in [0, 0.05) is 13.1 Å². The van der Waals surface area contributed by atoms with Crippen LogP contribution < -0.4 is 10.1 Å². The van der Waals surface area contributed by atoms with E-state index in [1.165, 1.54) is 17.0 Å². The molecule has 2 rings (SSSR count). The van der Waals surface area contributed by atoms with Gasteiger partial charge in [0.1, 0.15) is 17.6 Å². The van der Waals surface area contributed by atoms with Gasteiger partial charge in [0.15, 0.2) is 6.61 Å². The van der Waals surface area contributed by atoms with Crippen molar-refractivity contribution in [2.24, 2.45) is 0 Å². The lowest BCUT2D eigenvalue weighted by Gasteiger charge is -2.28. The molecule has 0 radical (unpaired) electrons. The Bertz CT molecular complexity index is 777. The summed E-state index contributed by atoms with van der Waals surface area (Å²) in [4.78, 5) is 26.5. The second-order valence-electron chi connectivity index (χ2n) is 6.32. The van der Waals surface area contributed by atoms with Crippen LogP contribution >= 0.6 is 0 Å². The molecule has 0 aliphatic rings. The summed E-state index contributed by atoms with van der Waals surface area (Å²) >= 11 is 0. The molecule has 0 aromatic heterocycles. The van der Waals surface area contributed by atoms with Crippen molar-refractivity contribution in [2.45, 2.75) is 33.4 Å². The summed E-state index contributed by atoms with van der Waals surface area (Å²) in [6, 6.07) is 12.6. The summed E-state index contributed by atoms with van der Waals surface area (Å²) in [5, 5.41) is 2.72. The van der Waals surface area contributed by atoms with Crippen molar-refractivity contribution in [3.63, 3.8) is 0 Å². The Labute approximate surface area is 159 Å². The van der Waals surface area contributed by atoms with Crippen LogP contribution in [0.15, 0.2) is 48.5 Å². The summed E-state index contributed by atoms with van der Waals surface area (Å²) in [5.41, 5.74) is 1.76. The molecule has 27 heavy (non-hydrogen) atoms. The van der Waals surface area contributed by atoms with Crippen molar-refractivity contribution in [1.82, 2.24) is 10.2 Å². The number of carbonyl (C=O) groups is 2. The van der Waals surface area contributed by atoms with Crippen LogP contribution in [0.4, 0.5) is 4.39 Å². The van der Waals surface area contributed by atoms with Gasteiger partial charge in [-0.15, -0.1) is 0 Å². The minimum Gasteiger partial charge on any atom is -0.484 e. The first-order valence-electron chi connectivity index (χ1n) is 8.91. The number of halogens is 1. The third-order valence-electron chi connectivity index (χ3n) is 4.14. The summed E-state index contributed by atoms with van der Waals surface area (Å²) in [6.45, 7) is 5.90. The lowest BCUT2D eigenvalue weighted by atomic mass is 10.1. The van der Waals surface area contributed by atoms with E-state index < -0.39 is 6.04 Å². The van der Waals surface area contributed by atoms with E-state index in [0.29, 0.717) is 12.3 Å². The van der Waals surface area contributed by atoms with Gasteiger partial charge in [-0.05, 0) is 56.2 Å². The van der Waals surface area contributed by atoms with Crippen LogP contribution in [0.25, 0.3) is 0 Å². The summed E-state index contributed by atoms with van der Waals surface area (Å²) < 4.78 is 18.7. The van der Waals surface area contributed by atoms with Gasteiger partial charge >= 0.3 is 0 Å². The topological polar surface area (TPSA) is 58.6 Å². The second-order valence-corrected chi connectivity index (χ2v) is 6.32. The quantitative estimate of drug-likeness (QED) is 0.775. The molecule has 2 amide bonds. The molecule has 0 unspecified atom stereocenters. The molecule has 6 heteroatoms. The van der Waals surface area contributed by atoms with Crippen LogP contribution in [0.1, 0.15) is 25.0 Å². The minimum absolute atomic E-state index is 0.186. The number of rotatable bonds is 8. The first-order valence-corrected chi connectivity index (χ1v) is 8.91. The molecule has 5 nitrogen and oxygen atoms in total. The van der Waals surface area contributed by atoms with E-state index >= 15 is 0 Å². The van der Waals surface area contributed by atoms with Crippen molar-refractivity contribution in [3.8, 4) is 5.75 Å². The highest BCUT2D eigenvalue weighted by Crippen LogP contribution is 2.14. The van der Waals surface area contributed by atoms with Crippen molar-refractivity contribution in [2.75, 3.05) is 13.2 Å². The average molecular weight is 372 g/mol. The third-order valence-corrected chi connectivity index (χ3v) is 4.14. The van der Waals surface area contributed by atoms with Gasteiger partial charge in [0.2, 0.25) is 5.91 Å². The van der Waals surface area contributed by atoms with Gasteiger partial charge in [-0.25, -0.2) is 4.39 Å². The summed E-state index contributed by atoms with van der Waals surface area (Å²) in [5.74, 6) is -0.324. The van der Waals surface area contributed by atoms with Crippen molar-refractivity contribution in [3.05, 3.63) is 65.5 Å². The van der Waals surface area contributed by atoms with E-state index in [0.717, 1.165) is 11.1 Å². The Morgan fingerprint density at radius 2 is 1.89 bits per heavy atom. The molecular formula is C21H25FN2O3. The number of hydrogen-bond acceptors (Lipinski definition) is 3. The second kappa shape index (κ2) is 9.71. The number of nitrogens with zero attached hydrogens (tertiary/aromatic N) is 1. The van der Waals surface area contributed by atoms with E-state index in [-0.39, 0.29) is 30.8 Å². The molecule has 0 heterocycles. The number of ether oxygens (including phenoxy) is 1. The third kappa shape index (κ3) is 6.09. The number of hydrogen-bond donors (Lipinski definition) is 1. The largest absolute Gasteiger partial charge is 0.484 e. The molecule has 0 aliphatic carbocycles. The van der Waals surface area contributed by atoms with E-state index in [4.69, 9.17) is 4.74 Å². The van der Waals surface area contributed by atoms with Gasteiger partial charge < -0.3 is 15.0 Å². The minimum atomic E-state index is -0.677. The number of nitrogens with one attached hydrogen (secondary N) is 1. The lowest BCUT2D eigenvalue weighted by Crippen LogP contribution is -2.49. The number of likely N-dealkylation sites (N-methyl/N-ethyl adjacent to an activating group) is 1. The van der Waals surface area contributed by atoms with Crippen LogP contribution in [0.3, 0.4) is 0 Å².